The Balaban J connectivity index is 2.12. The predicted octanol–water partition coefficient (Wildman–Crippen LogP) is 0.863. The summed E-state index contributed by atoms with van der Waals surface area (Å²) in [5.74, 6) is 0. The molecule has 0 radical (unpaired) electrons. The van der Waals surface area contributed by atoms with Crippen molar-refractivity contribution in [1.82, 2.24) is 0 Å². The van der Waals surface area contributed by atoms with Gasteiger partial charge in [-0.05, 0) is 22.5 Å². The molecule has 0 aromatic heterocycles. The molecule has 0 spiro atoms. The Labute approximate surface area is 85.6 Å². The molecule has 1 nitrogen and oxygen atoms in total. The van der Waals surface area contributed by atoms with Crippen LogP contribution in [0.3, 0.4) is 0 Å². The lowest BCUT2D eigenvalue weighted by molar-refractivity contribution is 1.58. The molecule has 0 aliphatic carbocycles. The van der Waals surface area contributed by atoms with Crippen molar-refractivity contribution in [3.8, 4) is 0 Å². The third-order valence-corrected chi connectivity index (χ3v) is 4.68. The van der Waals surface area contributed by atoms with Crippen molar-refractivity contribution in [2.45, 2.75) is 0 Å². The minimum atomic E-state index is -0.257. The molecule has 0 saturated heterocycles. The summed E-state index contributed by atoms with van der Waals surface area (Å²) in [5.41, 5.74) is 2.61. The summed E-state index contributed by atoms with van der Waals surface area (Å²) in [5, 5.41) is 6.51. The van der Waals surface area contributed by atoms with Crippen LogP contribution in [0.2, 0.25) is 0 Å². The normalized spacial score (nSPS) is 12.6. The van der Waals surface area contributed by atoms with Crippen molar-refractivity contribution in [3.05, 3.63) is 48.5 Å². The maximum Gasteiger partial charge on any atom is 0.0929 e. The second-order valence-electron chi connectivity index (χ2n) is 3.62. The molecule has 68 valence electrons. The monoisotopic (exact) mass is 197 g/mol. The molecule has 0 amide bonds. The van der Waals surface area contributed by atoms with Gasteiger partial charge in [-0.2, -0.15) is 0 Å². The predicted molar refractivity (Wildman–Crippen MR) is 64.0 cm³/mol. The van der Waals surface area contributed by atoms with Crippen LogP contribution in [0.1, 0.15) is 0 Å². The van der Waals surface area contributed by atoms with Crippen molar-refractivity contribution in [2.75, 3.05) is 5.32 Å². The molecule has 1 heterocycles. The molecule has 2 aromatic carbocycles. The van der Waals surface area contributed by atoms with E-state index in [4.69, 9.17) is 0 Å². The lowest BCUT2D eigenvalue weighted by Gasteiger charge is -2.20. The number of fused-ring (bicyclic) bond motifs is 2. The molecule has 14 heavy (non-hydrogen) atoms. The van der Waals surface area contributed by atoms with Gasteiger partial charge in [-0.3, -0.25) is 0 Å². The summed E-state index contributed by atoms with van der Waals surface area (Å²) in [6.45, 7) is 0. The average Bonchev–Trinajstić information content (AvgIpc) is 2.26. The maximum absolute atomic E-state index is 3.48. The zero-order valence-corrected chi connectivity index (χ0v) is 9.24. The number of nitrogens with one attached hydrogen (secondary N) is 1. The molecule has 2 aromatic rings. The van der Waals surface area contributed by atoms with Crippen molar-refractivity contribution in [2.24, 2.45) is 0 Å². The van der Waals surface area contributed by atoms with E-state index in [0.717, 1.165) is 0 Å². The van der Waals surface area contributed by atoms with Gasteiger partial charge < -0.3 is 5.32 Å². The lowest BCUT2D eigenvalue weighted by atomic mass is 10.2. The second-order valence-corrected chi connectivity index (χ2v) is 5.49. The van der Waals surface area contributed by atoms with Crippen LogP contribution in [0.25, 0.3) is 0 Å². The Hall–Kier alpha value is -1.54. The molecular formula is C12H11NSi. The van der Waals surface area contributed by atoms with Crippen LogP contribution < -0.4 is 15.7 Å². The van der Waals surface area contributed by atoms with Crippen LogP contribution in [0.4, 0.5) is 11.4 Å². The van der Waals surface area contributed by atoms with Gasteiger partial charge in [0, 0.05) is 11.4 Å². The van der Waals surface area contributed by atoms with Crippen molar-refractivity contribution < 1.29 is 0 Å². The first kappa shape index (κ1) is 7.82. The SMILES string of the molecule is c1ccc2c(c1)Nc1ccccc1[SiH2]2. The van der Waals surface area contributed by atoms with Crippen LogP contribution in [0.15, 0.2) is 48.5 Å². The fourth-order valence-corrected chi connectivity index (χ4v) is 3.65. The minimum absolute atomic E-state index is 0.257. The van der Waals surface area contributed by atoms with Gasteiger partial charge >= 0.3 is 0 Å². The highest BCUT2D eigenvalue weighted by Gasteiger charge is 2.12. The quantitative estimate of drug-likeness (QED) is 0.527. The second kappa shape index (κ2) is 2.99. The van der Waals surface area contributed by atoms with Crippen LogP contribution in [0, 0.1) is 0 Å². The largest absolute Gasteiger partial charge is 0.356 e. The molecule has 0 unspecified atom stereocenters. The van der Waals surface area contributed by atoms with E-state index >= 15 is 0 Å². The molecule has 1 N–H and O–H groups in total. The molecule has 0 atom stereocenters. The van der Waals surface area contributed by atoms with E-state index in [-0.39, 0.29) is 9.52 Å². The first-order valence-corrected chi connectivity index (χ1v) is 6.28. The smallest absolute Gasteiger partial charge is 0.0929 e. The zero-order chi connectivity index (χ0) is 9.38. The third kappa shape index (κ3) is 1.15. The van der Waals surface area contributed by atoms with Gasteiger partial charge in [0.2, 0.25) is 0 Å². The number of hydrogen-bond acceptors (Lipinski definition) is 1. The van der Waals surface area contributed by atoms with Crippen LogP contribution in [-0.2, 0) is 0 Å². The molecule has 3 rings (SSSR count). The summed E-state index contributed by atoms with van der Waals surface area (Å²) in [7, 11) is -0.257. The van der Waals surface area contributed by atoms with E-state index in [1.165, 1.54) is 21.7 Å². The van der Waals surface area contributed by atoms with E-state index in [1.54, 1.807) is 0 Å². The van der Waals surface area contributed by atoms with Gasteiger partial charge in [-0.15, -0.1) is 0 Å². The Kier molecular flexibility index (Phi) is 1.67. The highest BCUT2D eigenvalue weighted by Crippen LogP contribution is 2.15. The van der Waals surface area contributed by atoms with E-state index in [9.17, 15) is 0 Å². The molecule has 0 bridgehead atoms. The van der Waals surface area contributed by atoms with E-state index < -0.39 is 0 Å². The number of rotatable bonds is 0. The van der Waals surface area contributed by atoms with Crippen molar-refractivity contribution in [3.63, 3.8) is 0 Å². The molecule has 1 aliphatic rings. The standard InChI is InChI=1S/C12H11NSi/c1-3-7-11-9(5-1)13-10-6-2-4-8-12(10)14-11/h1-8,13H,14H2. The van der Waals surface area contributed by atoms with E-state index in [2.05, 4.69) is 53.8 Å². The minimum Gasteiger partial charge on any atom is -0.356 e. The number of anilines is 2. The van der Waals surface area contributed by atoms with Gasteiger partial charge in [-0.1, -0.05) is 36.4 Å². The van der Waals surface area contributed by atoms with Gasteiger partial charge in [0.15, 0.2) is 0 Å². The topological polar surface area (TPSA) is 12.0 Å². The van der Waals surface area contributed by atoms with E-state index in [1.807, 2.05) is 0 Å². The number of benzene rings is 2. The Morgan fingerprint density at radius 3 is 1.79 bits per heavy atom. The number of hydrogen-bond donors (Lipinski definition) is 1. The summed E-state index contributed by atoms with van der Waals surface area (Å²) in [6, 6.07) is 17.2. The fourth-order valence-electron chi connectivity index (χ4n) is 1.94. The van der Waals surface area contributed by atoms with Gasteiger partial charge in [0.1, 0.15) is 0 Å². The summed E-state index contributed by atoms with van der Waals surface area (Å²) < 4.78 is 0. The van der Waals surface area contributed by atoms with Crippen LogP contribution >= 0.6 is 0 Å². The third-order valence-electron chi connectivity index (χ3n) is 2.68. The Bertz CT molecular complexity index is 392. The molecule has 1 aliphatic heterocycles. The van der Waals surface area contributed by atoms with Crippen molar-refractivity contribution >= 4 is 31.3 Å². The molecule has 0 fully saturated rings. The first-order chi connectivity index (χ1) is 6.93. The fraction of sp³-hybridized carbons (Fsp3) is 0. The maximum atomic E-state index is 3.48. The van der Waals surface area contributed by atoms with Gasteiger partial charge in [-0.25, -0.2) is 0 Å². The van der Waals surface area contributed by atoms with Crippen LogP contribution in [-0.4, -0.2) is 9.52 Å². The van der Waals surface area contributed by atoms with Crippen LogP contribution in [0.5, 0.6) is 0 Å². The molecule has 0 saturated carbocycles. The lowest BCUT2D eigenvalue weighted by Crippen LogP contribution is -2.35. The van der Waals surface area contributed by atoms with Crippen molar-refractivity contribution in [1.29, 1.82) is 0 Å². The first-order valence-electron chi connectivity index (χ1n) is 4.86. The summed E-state index contributed by atoms with van der Waals surface area (Å²) >= 11 is 0. The Morgan fingerprint density at radius 2 is 1.21 bits per heavy atom. The number of para-hydroxylation sites is 2. The average molecular weight is 197 g/mol. The zero-order valence-electron chi connectivity index (χ0n) is 7.83. The van der Waals surface area contributed by atoms with Gasteiger partial charge in [0.25, 0.3) is 0 Å². The molecule has 2 heteroatoms. The highest BCUT2D eigenvalue weighted by atomic mass is 28.2. The molecular weight excluding hydrogens is 186 g/mol. The Morgan fingerprint density at radius 1 is 0.714 bits per heavy atom. The summed E-state index contributed by atoms with van der Waals surface area (Å²) in [4.78, 5) is 0. The van der Waals surface area contributed by atoms with Gasteiger partial charge in [0.05, 0.1) is 9.52 Å². The highest BCUT2D eigenvalue weighted by molar-refractivity contribution is 6.71. The van der Waals surface area contributed by atoms with E-state index in [0.29, 0.717) is 0 Å². The summed E-state index contributed by atoms with van der Waals surface area (Å²) in [6.07, 6.45) is 0.